The van der Waals surface area contributed by atoms with Gasteiger partial charge in [-0.3, -0.25) is 28.8 Å². The molecule has 135 heavy (non-hydrogen) atoms. The van der Waals surface area contributed by atoms with Crippen molar-refractivity contribution in [2.24, 2.45) is 0 Å². The summed E-state index contributed by atoms with van der Waals surface area (Å²) in [5, 5.41) is 5.42. The number of methoxy groups -OCH3 is 6. The predicted octanol–water partition coefficient (Wildman–Crippen LogP) is 20.1. The van der Waals surface area contributed by atoms with Crippen LogP contribution in [0.5, 0.6) is 51.7 Å². The van der Waals surface area contributed by atoms with E-state index in [9.17, 15) is 28.8 Å². The molecule has 3 heterocycles. The average Bonchev–Trinajstić information content (AvgIpc) is 0.731. The topological polar surface area (TPSA) is 269 Å². The minimum atomic E-state index is -1.22. The minimum Gasteiger partial charge on any atom is -0.497 e. The van der Waals surface area contributed by atoms with Gasteiger partial charge in [-0.2, -0.15) is 0 Å². The second-order valence-electron chi connectivity index (χ2n) is 33.5. The third-order valence-electron chi connectivity index (χ3n) is 24.6. The van der Waals surface area contributed by atoms with E-state index in [1.807, 2.05) is 276 Å². The van der Waals surface area contributed by atoms with Crippen molar-refractivity contribution in [3.05, 3.63) is 321 Å². The van der Waals surface area contributed by atoms with Gasteiger partial charge in [-0.25, -0.2) is 0 Å². The Bertz CT molecular complexity index is 5970. The highest BCUT2D eigenvalue weighted by Gasteiger charge is 2.44. The van der Waals surface area contributed by atoms with Gasteiger partial charge < -0.3 is 85.3 Å². The molecule has 0 amide bonds. The normalized spacial score (nSPS) is 14.4. The summed E-state index contributed by atoms with van der Waals surface area (Å²) in [5.41, 5.74) is 8.75. The zero-order chi connectivity index (χ0) is 94.9. The maximum atomic E-state index is 13.9. The van der Waals surface area contributed by atoms with E-state index in [-0.39, 0.29) is 91.4 Å². The molecule has 0 N–H and O–H groups in total. The molecular weight excluding hydrogens is 1720 g/mol. The number of ether oxygens (including phenoxy) is 18. The molecule has 0 radical (unpaired) electrons. The molecule has 0 saturated carbocycles. The number of aryl methyl sites for hydroxylation is 3. The van der Waals surface area contributed by atoms with E-state index < -0.39 is 77.0 Å². The van der Waals surface area contributed by atoms with Crippen molar-refractivity contribution in [3.8, 4) is 51.7 Å². The van der Waals surface area contributed by atoms with E-state index in [1.165, 1.54) is 0 Å². The Balaban J connectivity index is 0.567. The van der Waals surface area contributed by atoms with Gasteiger partial charge in [-0.15, -0.1) is 0 Å². The Hall–Kier alpha value is -14.5. The summed E-state index contributed by atoms with van der Waals surface area (Å²) < 4.78 is 109. The molecule has 24 heteroatoms. The van der Waals surface area contributed by atoms with Crippen LogP contribution < -0.4 is 42.6 Å². The SMILES string of the molecule is COc1ccc(C2(c3ccc(OC)cc3)C=C(COC(=O)CCC(=O)OC(C)COC(COCC(C)OC(=O)CCC(=O)OCc3c4c(c5ccccc5c3C)OC(c3ccc(OC)cc3)(c3ccc(OC)cc3)C=C4)COCC(C)OC(=O)CCC(=O)OCc3c4c(c5ccccc5c3C)OC(c3ccc(OC)cc3)(c3ccc(OC)cc3)C=C4)c3cc(C)c4ccccc4c3O2)cc1. The first kappa shape index (κ1) is 95.2. The molecule has 0 fully saturated rings. The molecule has 698 valence electrons. The maximum absolute atomic E-state index is 13.9. The molecule has 3 aliphatic heterocycles. The van der Waals surface area contributed by atoms with Gasteiger partial charge in [0.05, 0.1) is 114 Å². The van der Waals surface area contributed by atoms with Gasteiger partial charge in [0.2, 0.25) is 0 Å². The van der Waals surface area contributed by atoms with E-state index >= 15 is 0 Å². The van der Waals surface area contributed by atoms with Crippen molar-refractivity contribution in [1.29, 1.82) is 0 Å². The summed E-state index contributed by atoms with van der Waals surface area (Å²) in [5.74, 6) is 1.96. The van der Waals surface area contributed by atoms with Crippen molar-refractivity contribution >= 4 is 85.9 Å². The van der Waals surface area contributed by atoms with Gasteiger partial charge in [-0.05, 0) is 171 Å². The fourth-order valence-electron chi connectivity index (χ4n) is 17.4. The third-order valence-corrected chi connectivity index (χ3v) is 24.6. The van der Waals surface area contributed by atoms with Crippen LogP contribution in [0, 0.1) is 20.8 Å². The molecule has 15 rings (SSSR count). The molecule has 0 bridgehead atoms. The largest absolute Gasteiger partial charge is 0.497 e. The second-order valence-corrected chi connectivity index (χ2v) is 33.5. The zero-order valence-corrected chi connectivity index (χ0v) is 77.8. The number of hydrogen-bond donors (Lipinski definition) is 0. The third kappa shape index (κ3) is 21.4. The summed E-state index contributed by atoms with van der Waals surface area (Å²) in [6, 6.07) is 71.9. The molecule has 12 aromatic rings. The average molecular weight is 1830 g/mol. The van der Waals surface area contributed by atoms with Crippen LogP contribution in [0.15, 0.2) is 243 Å². The number of benzene rings is 12. The zero-order valence-electron chi connectivity index (χ0n) is 77.8. The summed E-state index contributed by atoms with van der Waals surface area (Å²) in [4.78, 5) is 81.8. The number of esters is 6. The van der Waals surface area contributed by atoms with Crippen LogP contribution in [-0.4, -0.2) is 143 Å². The number of carbonyl (C=O) groups excluding carboxylic acids is 6. The lowest BCUT2D eigenvalue weighted by Crippen LogP contribution is -2.36. The molecule has 0 saturated heterocycles. The Morgan fingerprint density at radius 3 is 0.948 bits per heavy atom. The molecule has 12 aromatic carbocycles. The highest BCUT2D eigenvalue weighted by Crippen LogP contribution is 2.53. The molecule has 0 aromatic heterocycles. The standard InChI is InChI=1S/C111H110O24/c1-69-59-97-75(60-111(80-33-45-86(122-11)46-34-80,81-35-47-87(123-12)48-36-81)135-108(97)92-22-16-13-19-89(69)92)64-127-100(112)49-52-105(117)132-72(4)63-126-88(65-124-61-70(2)130-103(115)53-50-101(113)128-67-98-73(5)90-20-14-17-23-93(90)106-95(98)55-57-109(133-106,76-25-37-82(118-7)38-26-76)77-27-39-83(119-8)40-28-77)66-125-62-71(3)131-104(116)54-51-102(114)129-68-99-74(6)91-21-15-18-24-94(91)107-96(99)56-58-110(134-107,78-29-41-84(120-9)42-30-78)79-31-43-85(121-10)44-32-79/h13-48,55-60,70-72,88H,49-54,61-68H2,1-12H3. The summed E-state index contributed by atoms with van der Waals surface area (Å²) >= 11 is 0. The number of rotatable bonds is 41. The smallest absolute Gasteiger partial charge is 0.306 e. The first-order chi connectivity index (χ1) is 65.5. The number of hydrogen-bond acceptors (Lipinski definition) is 24. The van der Waals surface area contributed by atoms with Crippen LogP contribution in [0.4, 0.5) is 0 Å². The van der Waals surface area contributed by atoms with Gasteiger partial charge in [0, 0.05) is 82.9 Å². The Morgan fingerprint density at radius 1 is 0.319 bits per heavy atom. The monoisotopic (exact) mass is 1830 g/mol. The summed E-state index contributed by atoms with van der Waals surface area (Å²) in [6.45, 7) is 9.87. The molecule has 0 aliphatic carbocycles. The highest BCUT2D eigenvalue weighted by molar-refractivity contribution is 6.00. The quantitative estimate of drug-likeness (QED) is 0.0254. The van der Waals surface area contributed by atoms with E-state index in [1.54, 1.807) is 63.4 Å². The first-order valence-electron chi connectivity index (χ1n) is 44.9. The van der Waals surface area contributed by atoms with Crippen LogP contribution in [0.2, 0.25) is 0 Å². The van der Waals surface area contributed by atoms with E-state index in [0.29, 0.717) is 57.3 Å². The van der Waals surface area contributed by atoms with Gasteiger partial charge in [0.15, 0.2) is 16.8 Å². The van der Waals surface area contributed by atoms with Crippen molar-refractivity contribution in [2.45, 2.75) is 135 Å². The van der Waals surface area contributed by atoms with Crippen molar-refractivity contribution in [2.75, 3.05) is 82.3 Å². The fourth-order valence-corrected chi connectivity index (χ4v) is 17.4. The van der Waals surface area contributed by atoms with E-state index in [2.05, 4.69) is 0 Å². The Kier molecular flexibility index (Phi) is 30.3. The van der Waals surface area contributed by atoms with Gasteiger partial charge in [0.1, 0.15) is 96.0 Å². The first-order valence-corrected chi connectivity index (χ1v) is 44.9. The van der Waals surface area contributed by atoms with Crippen LogP contribution in [0.25, 0.3) is 50.0 Å². The van der Waals surface area contributed by atoms with E-state index in [4.69, 9.17) is 85.3 Å². The van der Waals surface area contributed by atoms with Gasteiger partial charge >= 0.3 is 35.8 Å². The van der Waals surface area contributed by atoms with Crippen molar-refractivity contribution < 1.29 is 114 Å². The Labute approximate surface area is 784 Å². The van der Waals surface area contributed by atoms with Crippen LogP contribution in [-0.2, 0) is 101 Å². The molecular formula is C111H110O24. The van der Waals surface area contributed by atoms with Crippen LogP contribution >= 0.6 is 0 Å². The maximum Gasteiger partial charge on any atom is 0.306 e. The Morgan fingerprint density at radius 2 is 0.607 bits per heavy atom. The molecule has 3 atom stereocenters. The second kappa shape index (κ2) is 43.0. The summed E-state index contributed by atoms with van der Waals surface area (Å²) in [7, 11) is 9.67. The van der Waals surface area contributed by atoms with E-state index in [0.717, 1.165) is 110 Å². The lowest BCUT2D eigenvalue weighted by atomic mass is 9.80. The number of carbonyl (C=O) groups is 6. The van der Waals surface area contributed by atoms with Crippen LogP contribution in [0.1, 0.15) is 137 Å². The fraction of sp³-hybridized carbons (Fsp3) is 0.297. The van der Waals surface area contributed by atoms with Gasteiger partial charge in [0.25, 0.3) is 0 Å². The lowest BCUT2D eigenvalue weighted by molar-refractivity contribution is -0.161. The highest BCUT2D eigenvalue weighted by atomic mass is 16.6. The molecule has 24 nitrogen and oxygen atoms in total. The summed E-state index contributed by atoms with van der Waals surface area (Å²) in [6.07, 6.45) is 4.92. The van der Waals surface area contributed by atoms with Gasteiger partial charge in [-0.1, -0.05) is 158 Å². The van der Waals surface area contributed by atoms with Crippen molar-refractivity contribution in [3.63, 3.8) is 0 Å². The lowest BCUT2D eigenvalue weighted by Gasteiger charge is -2.39. The molecule has 0 spiro atoms. The number of fused-ring (bicyclic) bond motifs is 9. The van der Waals surface area contributed by atoms with Crippen LogP contribution in [0.3, 0.4) is 0 Å². The minimum absolute atomic E-state index is 0.111. The molecule has 3 unspecified atom stereocenters. The molecule has 3 aliphatic rings. The van der Waals surface area contributed by atoms with Crippen molar-refractivity contribution in [1.82, 2.24) is 0 Å². The predicted molar refractivity (Wildman–Crippen MR) is 511 cm³/mol.